The van der Waals surface area contributed by atoms with Crippen LogP contribution in [-0.4, -0.2) is 21.1 Å². The topological polar surface area (TPSA) is 70.7 Å². The molecule has 2 aromatic rings. The van der Waals surface area contributed by atoms with Crippen molar-refractivity contribution < 1.29 is 18.0 Å². The van der Waals surface area contributed by atoms with Crippen LogP contribution in [0.1, 0.15) is 10.4 Å². The molecule has 1 amide bonds. The van der Waals surface area contributed by atoms with Crippen LogP contribution in [0.4, 0.5) is 19.1 Å². The zero-order valence-electron chi connectivity index (χ0n) is 8.17. The first-order valence-electron chi connectivity index (χ1n) is 4.40. The van der Waals surface area contributed by atoms with Gasteiger partial charge in [0.15, 0.2) is 17.5 Å². The molecule has 0 unspecified atom stereocenters. The summed E-state index contributed by atoms with van der Waals surface area (Å²) >= 11 is 0. The van der Waals surface area contributed by atoms with Gasteiger partial charge in [0, 0.05) is 0 Å². The Bertz CT molecular complexity index is 556. The van der Waals surface area contributed by atoms with Gasteiger partial charge in [0.05, 0.1) is 5.56 Å². The van der Waals surface area contributed by atoms with Crippen molar-refractivity contribution in [3.63, 3.8) is 0 Å². The molecule has 1 aromatic carbocycles. The van der Waals surface area contributed by atoms with Crippen LogP contribution in [-0.2, 0) is 0 Å². The van der Waals surface area contributed by atoms with E-state index in [1.807, 2.05) is 0 Å². The van der Waals surface area contributed by atoms with E-state index in [1.54, 1.807) is 0 Å². The maximum absolute atomic E-state index is 13.2. The average Bonchev–Trinajstić information content (AvgIpc) is 2.78. The summed E-state index contributed by atoms with van der Waals surface area (Å²) < 4.78 is 38.7. The smallest absolute Gasteiger partial charge is 0.261 e. The van der Waals surface area contributed by atoms with E-state index in [9.17, 15) is 18.0 Å². The van der Waals surface area contributed by atoms with Gasteiger partial charge in [-0.15, -0.1) is 0 Å². The van der Waals surface area contributed by atoms with Gasteiger partial charge in [0.25, 0.3) is 5.91 Å². The number of carbonyl (C=O) groups is 1. The first-order valence-corrected chi connectivity index (χ1v) is 4.40. The van der Waals surface area contributed by atoms with Crippen LogP contribution in [0.3, 0.4) is 0 Å². The van der Waals surface area contributed by atoms with Gasteiger partial charge in [-0.2, -0.15) is 10.1 Å². The van der Waals surface area contributed by atoms with Crippen molar-refractivity contribution in [3.05, 3.63) is 41.5 Å². The molecule has 0 aliphatic heterocycles. The van der Waals surface area contributed by atoms with E-state index >= 15 is 0 Å². The van der Waals surface area contributed by atoms with E-state index in [-0.39, 0.29) is 5.95 Å². The number of anilines is 1. The van der Waals surface area contributed by atoms with Gasteiger partial charge < -0.3 is 0 Å². The van der Waals surface area contributed by atoms with E-state index < -0.39 is 28.9 Å². The number of aromatic nitrogens is 3. The summed E-state index contributed by atoms with van der Waals surface area (Å²) in [6, 6.07) is 1.49. The molecular weight excluding hydrogens is 237 g/mol. The van der Waals surface area contributed by atoms with Gasteiger partial charge in [0.2, 0.25) is 5.95 Å². The maximum Gasteiger partial charge on any atom is 0.261 e. The molecule has 0 aliphatic carbocycles. The lowest BCUT2D eigenvalue weighted by Gasteiger charge is -2.03. The molecule has 0 saturated carbocycles. The molecule has 2 rings (SSSR count). The highest BCUT2D eigenvalue weighted by Gasteiger charge is 2.19. The Morgan fingerprint density at radius 2 is 2.00 bits per heavy atom. The summed E-state index contributed by atoms with van der Waals surface area (Å²) in [6.45, 7) is 0. The van der Waals surface area contributed by atoms with Gasteiger partial charge in [0.1, 0.15) is 6.33 Å². The molecule has 1 heterocycles. The zero-order valence-corrected chi connectivity index (χ0v) is 8.17. The monoisotopic (exact) mass is 242 g/mol. The first kappa shape index (κ1) is 11.1. The molecule has 0 atom stereocenters. The summed E-state index contributed by atoms with van der Waals surface area (Å²) in [5.41, 5.74) is -0.625. The number of benzene rings is 1. The third-order valence-corrected chi connectivity index (χ3v) is 1.93. The second-order valence-electron chi connectivity index (χ2n) is 3.01. The number of hydrogen-bond donors (Lipinski definition) is 2. The number of hydrogen-bond acceptors (Lipinski definition) is 3. The Balaban J connectivity index is 2.29. The quantitative estimate of drug-likeness (QED) is 0.783. The molecule has 0 bridgehead atoms. The minimum absolute atomic E-state index is 0.0286. The second kappa shape index (κ2) is 4.24. The summed E-state index contributed by atoms with van der Waals surface area (Å²) in [5.74, 6) is -5.60. The van der Waals surface area contributed by atoms with Crippen molar-refractivity contribution in [2.24, 2.45) is 0 Å². The Morgan fingerprint density at radius 1 is 1.24 bits per heavy atom. The van der Waals surface area contributed by atoms with Crippen LogP contribution >= 0.6 is 0 Å². The minimum atomic E-state index is -1.70. The molecule has 2 N–H and O–H groups in total. The van der Waals surface area contributed by atoms with Crippen LogP contribution in [0.5, 0.6) is 0 Å². The number of amides is 1. The third-order valence-electron chi connectivity index (χ3n) is 1.93. The largest absolute Gasteiger partial charge is 0.291 e. The summed E-state index contributed by atoms with van der Waals surface area (Å²) in [4.78, 5) is 15.0. The molecule has 0 spiro atoms. The van der Waals surface area contributed by atoms with Gasteiger partial charge in [-0.25, -0.2) is 18.3 Å². The van der Waals surface area contributed by atoms with Crippen molar-refractivity contribution in [2.75, 3.05) is 5.32 Å². The van der Waals surface area contributed by atoms with Gasteiger partial charge in [-0.1, -0.05) is 0 Å². The average molecular weight is 242 g/mol. The molecule has 88 valence electrons. The van der Waals surface area contributed by atoms with Crippen molar-refractivity contribution >= 4 is 11.9 Å². The van der Waals surface area contributed by atoms with Crippen molar-refractivity contribution in [3.8, 4) is 0 Å². The lowest BCUT2D eigenvalue weighted by molar-refractivity contribution is 0.102. The molecule has 0 saturated heterocycles. The highest BCUT2D eigenvalue weighted by Crippen LogP contribution is 2.15. The van der Waals surface area contributed by atoms with Crippen molar-refractivity contribution in [2.45, 2.75) is 0 Å². The Hall–Kier alpha value is -2.38. The Morgan fingerprint density at radius 3 is 2.65 bits per heavy atom. The van der Waals surface area contributed by atoms with Crippen molar-refractivity contribution in [1.82, 2.24) is 15.2 Å². The standard InChI is InChI=1S/C9H5F3N4O/c10-5-2-1-4(6(11)7(5)12)8(17)15-9-13-3-14-16-9/h1-3H,(H2,13,14,15,16,17). The van der Waals surface area contributed by atoms with E-state index in [4.69, 9.17) is 0 Å². The fourth-order valence-electron chi connectivity index (χ4n) is 1.14. The maximum atomic E-state index is 13.2. The molecule has 1 aromatic heterocycles. The predicted molar refractivity (Wildman–Crippen MR) is 50.7 cm³/mol. The summed E-state index contributed by atoms with van der Waals surface area (Å²) in [7, 11) is 0. The Kier molecular flexibility index (Phi) is 2.77. The van der Waals surface area contributed by atoms with Crippen LogP contribution < -0.4 is 5.32 Å². The lowest BCUT2D eigenvalue weighted by Crippen LogP contribution is -2.16. The van der Waals surface area contributed by atoms with E-state index in [2.05, 4.69) is 20.5 Å². The number of carbonyl (C=O) groups excluding carboxylic acids is 1. The molecule has 5 nitrogen and oxygen atoms in total. The summed E-state index contributed by atoms with van der Waals surface area (Å²) in [5, 5.41) is 7.87. The number of H-pyrrole nitrogens is 1. The molecule has 0 radical (unpaired) electrons. The van der Waals surface area contributed by atoms with Gasteiger partial charge in [-0.3, -0.25) is 10.1 Å². The van der Waals surface area contributed by atoms with E-state index in [0.29, 0.717) is 6.07 Å². The minimum Gasteiger partial charge on any atom is -0.291 e. The number of nitrogens with one attached hydrogen (secondary N) is 2. The molecule has 0 aliphatic rings. The van der Waals surface area contributed by atoms with Crippen LogP contribution in [0.15, 0.2) is 18.5 Å². The fraction of sp³-hybridized carbons (Fsp3) is 0. The normalized spacial score (nSPS) is 10.3. The molecular formula is C9H5F3N4O. The van der Waals surface area contributed by atoms with Gasteiger partial charge >= 0.3 is 0 Å². The highest BCUT2D eigenvalue weighted by molar-refractivity contribution is 6.03. The number of halogens is 3. The van der Waals surface area contributed by atoms with E-state index in [0.717, 1.165) is 12.4 Å². The predicted octanol–water partition coefficient (Wildman–Crippen LogP) is 1.47. The first-order chi connectivity index (χ1) is 8.09. The fourth-order valence-corrected chi connectivity index (χ4v) is 1.14. The SMILES string of the molecule is O=C(Nc1ncn[nH]1)c1ccc(F)c(F)c1F. The Labute approximate surface area is 92.7 Å². The van der Waals surface area contributed by atoms with Crippen molar-refractivity contribution in [1.29, 1.82) is 0 Å². The van der Waals surface area contributed by atoms with Crippen LogP contribution in [0.2, 0.25) is 0 Å². The molecule has 0 fully saturated rings. The van der Waals surface area contributed by atoms with Gasteiger partial charge in [-0.05, 0) is 12.1 Å². The highest BCUT2D eigenvalue weighted by atomic mass is 19.2. The molecule has 8 heteroatoms. The number of aromatic amines is 1. The zero-order chi connectivity index (χ0) is 12.4. The number of nitrogens with zero attached hydrogens (tertiary/aromatic N) is 2. The third kappa shape index (κ3) is 2.10. The van der Waals surface area contributed by atoms with E-state index in [1.165, 1.54) is 0 Å². The van der Waals surface area contributed by atoms with Crippen LogP contribution in [0, 0.1) is 17.5 Å². The summed E-state index contributed by atoms with van der Waals surface area (Å²) in [6.07, 6.45) is 1.12. The molecule has 17 heavy (non-hydrogen) atoms. The number of rotatable bonds is 2. The second-order valence-corrected chi connectivity index (χ2v) is 3.01. The lowest BCUT2D eigenvalue weighted by atomic mass is 10.2. The van der Waals surface area contributed by atoms with Crippen LogP contribution in [0.25, 0.3) is 0 Å².